The Balaban J connectivity index is 1.41. The number of carbonyl (C=O) groups is 2. The first-order valence-corrected chi connectivity index (χ1v) is 14.5. The lowest BCUT2D eigenvalue weighted by atomic mass is 9.85. The fourth-order valence-corrected chi connectivity index (χ4v) is 5.99. The SMILES string of the molecule is COc1ccc(CNc2nccn3c([C@@H]4CCCN(C(=O)C5(C)COC5)C4)nc(-c4ccc(C(N)=O)cc4F)c23)c(OC)c1. The third-order valence-electron chi connectivity index (χ3n) is 8.46. The number of benzene rings is 2. The Hall–Kier alpha value is -4.71. The lowest BCUT2D eigenvalue weighted by Crippen LogP contribution is -2.55. The molecule has 2 aliphatic rings. The molecule has 0 saturated carbocycles. The second-order valence-corrected chi connectivity index (χ2v) is 11.5. The zero-order valence-corrected chi connectivity index (χ0v) is 24.9. The number of primary amides is 1. The highest BCUT2D eigenvalue weighted by Gasteiger charge is 2.45. The smallest absolute Gasteiger partial charge is 0.248 e. The summed E-state index contributed by atoms with van der Waals surface area (Å²) in [5.41, 5.74) is 6.98. The number of carbonyl (C=O) groups excluding carboxylic acids is 2. The molecule has 3 N–H and O–H groups in total. The molecule has 0 unspecified atom stereocenters. The fraction of sp³-hybridized carbons (Fsp3) is 0.375. The average Bonchev–Trinajstić information content (AvgIpc) is 3.42. The van der Waals surface area contributed by atoms with E-state index in [9.17, 15) is 9.59 Å². The molecule has 2 aromatic heterocycles. The van der Waals surface area contributed by atoms with Gasteiger partial charge in [0.1, 0.15) is 34.4 Å². The van der Waals surface area contributed by atoms with Crippen molar-refractivity contribution in [1.82, 2.24) is 19.3 Å². The third-order valence-corrected chi connectivity index (χ3v) is 8.46. The molecule has 0 bridgehead atoms. The standard InChI is InChI=1S/C32H35FN6O5/c1-32(17-44-18-32)31(41)38-11-4-5-21(16-38)30-37-26(23-9-7-19(28(34)40)13-24(23)33)27-29(35-10-12-39(27)30)36-15-20-6-8-22(42-2)14-25(20)43-3/h6-10,12-14,21H,4-5,11,15-18H2,1-3H3,(H2,34,40)(H,35,36)/t21-/m1/s1. The number of nitrogens with one attached hydrogen (secondary N) is 1. The number of methoxy groups -OCH3 is 2. The van der Waals surface area contributed by atoms with Crippen LogP contribution in [-0.2, 0) is 16.1 Å². The van der Waals surface area contributed by atoms with Gasteiger partial charge in [0.15, 0.2) is 5.82 Å². The Morgan fingerprint density at radius 1 is 1.18 bits per heavy atom. The number of piperidine rings is 1. The number of ether oxygens (including phenoxy) is 3. The van der Waals surface area contributed by atoms with Gasteiger partial charge in [0.25, 0.3) is 0 Å². The molecule has 6 rings (SSSR count). The molecular weight excluding hydrogens is 567 g/mol. The summed E-state index contributed by atoms with van der Waals surface area (Å²) in [6.07, 6.45) is 5.10. The van der Waals surface area contributed by atoms with Crippen LogP contribution in [0.15, 0.2) is 48.8 Å². The van der Waals surface area contributed by atoms with Gasteiger partial charge < -0.3 is 30.2 Å². The largest absolute Gasteiger partial charge is 0.497 e. The molecule has 2 aliphatic heterocycles. The second kappa shape index (κ2) is 11.8. The zero-order chi connectivity index (χ0) is 31.0. The van der Waals surface area contributed by atoms with Crippen LogP contribution < -0.4 is 20.5 Å². The number of hydrogen-bond acceptors (Lipinski definition) is 8. The lowest BCUT2D eigenvalue weighted by molar-refractivity contribution is -0.169. The van der Waals surface area contributed by atoms with E-state index >= 15 is 4.39 Å². The first-order chi connectivity index (χ1) is 21.2. The van der Waals surface area contributed by atoms with E-state index in [1.54, 1.807) is 32.7 Å². The van der Waals surface area contributed by atoms with Gasteiger partial charge >= 0.3 is 0 Å². The van der Waals surface area contributed by atoms with Crippen LogP contribution in [0.1, 0.15) is 47.4 Å². The maximum Gasteiger partial charge on any atom is 0.248 e. The van der Waals surface area contributed by atoms with E-state index in [2.05, 4.69) is 10.3 Å². The van der Waals surface area contributed by atoms with Gasteiger partial charge in [-0.1, -0.05) is 0 Å². The Kier molecular flexibility index (Phi) is 7.85. The number of halogens is 1. The Bertz CT molecular complexity index is 1740. The number of amides is 2. The van der Waals surface area contributed by atoms with Crippen molar-refractivity contribution in [2.24, 2.45) is 11.1 Å². The van der Waals surface area contributed by atoms with Gasteiger partial charge in [0.05, 0.1) is 32.8 Å². The Morgan fingerprint density at radius 3 is 2.68 bits per heavy atom. The highest BCUT2D eigenvalue weighted by atomic mass is 19.1. The summed E-state index contributed by atoms with van der Waals surface area (Å²) in [6, 6.07) is 9.67. The minimum absolute atomic E-state index is 0.0629. The molecule has 230 valence electrons. The van der Waals surface area contributed by atoms with E-state index in [-0.39, 0.29) is 23.0 Å². The summed E-state index contributed by atoms with van der Waals surface area (Å²) in [7, 11) is 3.18. The summed E-state index contributed by atoms with van der Waals surface area (Å²) >= 11 is 0. The molecule has 0 aliphatic carbocycles. The number of hydrogen-bond donors (Lipinski definition) is 2. The van der Waals surface area contributed by atoms with Crippen LogP contribution in [-0.4, -0.2) is 71.6 Å². The summed E-state index contributed by atoms with van der Waals surface area (Å²) in [5.74, 6) is 1.14. The van der Waals surface area contributed by atoms with E-state index in [1.165, 1.54) is 12.1 Å². The summed E-state index contributed by atoms with van der Waals surface area (Å²) < 4.78 is 33.7. The zero-order valence-electron chi connectivity index (χ0n) is 24.9. The average molecular weight is 603 g/mol. The first kappa shape index (κ1) is 29.4. The summed E-state index contributed by atoms with van der Waals surface area (Å²) in [4.78, 5) is 36.6. The molecule has 1 atom stereocenters. The minimum atomic E-state index is -0.721. The van der Waals surface area contributed by atoms with Gasteiger partial charge in [-0.25, -0.2) is 14.4 Å². The number of fused-ring (bicyclic) bond motifs is 1. The number of rotatable bonds is 9. The van der Waals surface area contributed by atoms with Gasteiger partial charge in [-0.15, -0.1) is 0 Å². The Morgan fingerprint density at radius 2 is 2.00 bits per heavy atom. The van der Waals surface area contributed by atoms with E-state index in [0.29, 0.717) is 67.2 Å². The molecule has 11 nitrogen and oxygen atoms in total. The van der Waals surface area contributed by atoms with E-state index in [0.717, 1.165) is 24.5 Å². The molecule has 2 amide bonds. The van der Waals surface area contributed by atoms with E-state index in [1.807, 2.05) is 28.4 Å². The first-order valence-electron chi connectivity index (χ1n) is 14.5. The van der Waals surface area contributed by atoms with Crippen molar-refractivity contribution >= 4 is 23.1 Å². The molecule has 44 heavy (non-hydrogen) atoms. The van der Waals surface area contributed by atoms with Crippen LogP contribution in [0, 0.1) is 11.2 Å². The monoisotopic (exact) mass is 602 g/mol. The van der Waals surface area contributed by atoms with Crippen molar-refractivity contribution in [3.8, 4) is 22.8 Å². The van der Waals surface area contributed by atoms with Gasteiger partial charge in [-0.05, 0) is 50.1 Å². The molecule has 2 fully saturated rings. The van der Waals surface area contributed by atoms with Gasteiger partial charge in [0.2, 0.25) is 11.8 Å². The normalized spacial score (nSPS) is 17.6. The van der Waals surface area contributed by atoms with Crippen LogP contribution in [0.25, 0.3) is 16.8 Å². The number of anilines is 1. The predicted molar refractivity (Wildman–Crippen MR) is 161 cm³/mol. The molecular formula is C32H35FN6O5. The molecule has 12 heteroatoms. The predicted octanol–water partition coefficient (Wildman–Crippen LogP) is 4.01. The lowest BCUT2D eigenvalue weighted by Gasteiger charge is -2.42. The van der Waals surface area contributed by atoms with Crippen molar-refractivity contribution < 1.29 is 28.2 Å². The van der Waals surface area contributed by atoms with Crippen molar-refractivity contribution in [2.45, 2.75) is 32.2 Å². The van der Waals surface area contributed by atoms with Crippen LogP contribution in [0.5, 0.6) is 11.5 Å². The number of nitrogens with two attached hydrogens (primary N) is 1. The van der Waals surface area contributed by atoms with Gasteiger partial charge in [0, 0.05) is 60.7 Å². The van der Waals surface area contributed by atoms with Gasteiger partial charge in [-0.2, -0.15) is 0 Å². The number of imidazole rings is 1. The van der Waals surface area contributed by atoms with E-state index < -0.39 is 17.1 Å². The van der Waals surface area contributed by atoms with Crippen LogP contribution in [0.2, 0.25) is 0 Å². The highest BCUT2D eigenvalue weighted by molar-refractivity contribution is 5.94. The quantitative estimate of drug-likeness (QED) is 0.294. The third kappa shape index (κ3) is 5.30. The molecule has 2 saturated heterocycles. The van der Waals surface area contributed by atoms with Crippen molar-refractivity contribution in [3.05, 3.63) is 71.6 Å². The topological polar surface area (TPSA) is 133 Å². The van der Waals surface area contributed by atoms with E-state index in [4.69, 9.17) is 24.9 Å². The van der Waals surface area contributed by atoms with Crippen LogP contribution in [0.3, 0.4) is 0 Å². The van der Waals surface area contributed by atoms with Crippen LogP contribution in [0.4, 0.5) is 10.2 Å². The van der Waals surface area contributed by atoms with Crippen molar-refractivity contribution in [1.29, 1.82) is 0 Å². The van der Waals surface area contributed by atoms with Crippen LogP contribution >= 0.6 is 0 Å². The number of aromatic nitrogens is 3. The maximum absolute atomic E-state index is 15.6. The molecule has 2 aromatic carbocycles. The highest BCUT2D eigenvalue weighted by Crippen LogP contribution is 2.38. The molecule has 4 aromatic rings. The van der Waals surface area contributed by atoms with Crippen molar-refractivity contribution in [3.63, 3.8) is 0 Å². The number of likely N-dealkylation sites (tertiary alicyclic amines) is 1. The summed E-state index contributed by atoms with van der Waals surface area (Å²) in [6.45, 7) is 4.29. The fourth-order valence-electron chi connectivity index (χ4n) is 5.99. The number of nitrogens with zero attached hydrogens (tertiary/aromatic N) is 4. The minimum Gasteiger partial charge on any atom is -0.497 e. The second-order valence-electron chi connectivity index (χ2n) is 11.5. The molecule has 0 spiro atoms. The van der Waals surface area contributed by atoms with Crippen molar-refractivity contribution in [2.75, 3.05) is 45.8 Å². The Labute approximate surface area is 254 Å². The molecule has 0 radical (unpaired) electrons. The van der Waals surface area contributed by atoms with Gasteiger partial charge in [-0.3, -0.25) is 14.0 Å². The molecule has 4 heterocycles. The maximum atomic E-state index is 15.6. The summed E-state index contributed by atoms with van der Waals surface area (Å²) in [5, 5.41) is 3.39.